The van der Waals surface area contributed by atoms with E-state index in [0.717, 1.165) is 6.42 Å². The third-order valence-electron chi connectivity index (χ3n) is 2.84. The maximum atomic E-state index is 11.2. The summed E-state index contributed by atoms with van der Waals surface area (Å²) in [5.41, 5.74) is 0.718. The average Bonchev–Trinajstić information content (AvgIpc) is 2.90. The van der Waals surface area contributed by atoms with Crippen LogP contribution in [-0.2, 0) is 6.42 Å². The molecule has 0 aliphatic rings. The van der Waals surface area contributed by atoms with Crippen molar-refractivity contribution in [3.63, 3.8) is 0 Å². The van der Waals surface area contributed by atoms with Crippen LogP contribution in [0, 0.1) is 22.7 Å². The summed E-state index contributed by atoms with van der Waals surface area (Å²) in [5.74, 6) is -0.806. The van der Waals surface area contributed by atoms with Crippen LogP contribution in [0.15, 0.2) is 18.5 Å². The molecule has 0 amide bonds. The van der Waals surface area contributed by atoms with Gasteiger partial charge in [0.1, 0.15) is 24.3 Å². The molecule has 0 aliphatic heterocycles. The molecule has 0 saturated carbocycles. The number of carboxylic acid groups (broad SMARTS) is 1. The van der Waals surface area contributed by atoms with Gasteiger partial charge in [-0.1, -0.05) is 13.3 Å². The molecule has 104 valence electrons. The predicted molar refractivity (Wildman–Crippen MR) is 71.7 cm³/mol. The molecule has 2 aromatic rings. The van der Waals surface area contributed by atoms with Gasteiger partial charge in [0.05, 0.1) is 5.56 Å². The summed E-state index contributed by atoms with van der Waals surface area (Å²) in [6, 6.07) is 6.56. The summed E-state index contributed by atoms with van der Waals surface area (Å²) in [4.78, 5) is 19.3. The molecule has 0 bridgehead atoms. The quantitative estimate of drug-likeness (QED) is 0.911. The molecule has 7 nitrogen and oxygen atoms in total. The smallest absolute Gasteiger partial charge is 0.335 e. The van der Waals surface area contributed by atoms with Crippen LogP contribution in [0.3, 0.4) is 0 Å². The Morgan fingerprint density at radius 1 is 1.38 bits per heavy atom. The monoisotopic (exact) mass is 281 g/mol. The first-order chi connectivity index (χ1) is 10.1. The highest BCUT2D eigenvalue weighted by molar-refractivity contribution is 5.88. The van der Waals surface area contributed by atoms with Crippen molar-refractivity contribution in [3.05, 3.63) is 41.1 Å². The molecular formula is C14H11N5O2. The van der Waals surface area contributed by atoms with E-state index in [1.807, 2.05) is 19.1 Å². The summed E-state index contributed by atoms with van der Waals surface area (Å²) in [6.45, 7) is 1.96. The number of aryl methyl sites for hydroxylation is 1. The van der Waals surface area contributed by atoms with Gasteiger partial charge in [0.25, 0.3) is 0 Å². The minimum atomic E-state index is -1.07. The zero-order chi connectivity index (χ0) is 15.4. The Hall–Kier alpha value is -3.19. The second-order valence-electron chi connectivity index (χ2n) is 4.30. The summed E-state index contributed by atoms with van der Waals surface area (Å²) in [5, 5.41) is 27.2. The van der Waals surface area contributed by atoms with E-state index in [1.165, 1.54) is 23.0 Å². The number of imidazole rings is 1. The number of hydrogen-bond donors (Lipinski definition) is 1. The van der Waals surface area contributed by atoms with Crippen LogP contribution in [0.4, 0.5) is 0 Å². The highest BCUT2D eigenvalue weighted by Crippen LogP contribution is 2.16. The van der Waals surface area contributed by atoms with Gasteiger partial charge in [-0.2, -0.15) is 10.5 Å². The van der Waals surface area contributed by atoms with E-state index in [-0.39, 0.29) is 22.8 Å². The standard InChI is InChI=1S/C14H11N5O2/c1-2-3-10-4-9(14(20)21)5-13(18-10)19-8-17-11(6-15)12(19)7-16/h4-5,8H,2-3H2,1H3,(H,20,21). The first kappa shape index (κ1) is 14.2. The highest BCUT2D eigenvalue weighted by atomic mass is 16.4. The van der Waals surface area contributed by atoms with E-state index in [4.69, 9.17) is 15.6 Å². The Bertz CT molecular complexity index is 780. The second kappa shape index (κ2) is 5.85. The number of rotatable bonds is 4. The van der Waals surface area contributed by atoms with Crippen LogP contribution in [-0.4, -0.2) is 25.6 Å². The van der Waals surface area contributed by atoms with Gasteiger partial charge < -0.3 is 5.11 Å². The molecule has 21 heavy (non-hydrogen) atoms. The lowest BCUT2D eigenvalue weighted by Gasteiger charge is -2.07. The molecule has 0 aromatic carbocycles. The van der Waals surface area contributed by atoms with Crippen LogP contribution in [0.5, 0.6) is 0 Å². The summed E-state index contributed by atoms with van der Waals surface area (Å²) < 4.78 is 1.32. The number of aromatic nitrogens is 3. The topological polar surface area (TPSA) is 116 Å². The molecular weight excluding hydrogens is 270 g/mol. The molecule has 1 N–H and O–H groups in total. The van der Waals surface area contributed by atoms with Crippen LogP contribution in [0.25, 0.3) is 5.82 Å². The van der Waals surface area contributed by atoms with Crippen molar-refractivity contribution in [1.29, 1.82) is 10.5 Å². The molecule has 7 heteroatoms. The molecule has 0 unspecified atom stereocenters. The fourth-order valence-electron chi connectivity index (χ4n) is 1.91. The first-order valence-electron chi connectivity index (χ1n) is 6.22. The van der Waals surface area contributed by atoms with Crippen LogP contribution in [0.1, 0.15) is 40.8 Å². The van der Waals surface area contributed by atoms with E-state index in [9.17, 15) is 4.79 Å². The predicted octanol–water partition coefficient (Wildman–Crippen LogP) is 1.66. The number of nitriles is 2. The Morgan fingerprint density at radius 3 is 2.71 bits per heavy atom. The molecule has 0 saturated heterocycles. The average molecular weight is 281 g/mol. The minimum absolute atomic E-state index is 0.0166. The first-order valence-corrected chi connectivity index (χ1v) is 6.22. The summed E-state index contributed by atoms with van der Waals surface area (Å²) in [6.07, 6.45) is 2.73. The number of nitrogens with zero attached hydrogens (tertiary/aromatic N) is 5. The molecule has 0 atom stereocenters. The lowest BCUT2D eigenvalue weighted by molar-refractivity contribution is 0.0696. The number of aromatic carboxylic acids is 1. The number of pyridine rings is 1. The second-order valence-corrected chi connectivity index (χ2v) is 4.30. The third kappa shape index (κ3) is 2.72. The van der Waals surface area contributed by atoms with Crippen molar-refractivity contribution in [2.75, 3.05) is 0 Å². The number of carboxylic acids is 1. The van der Waals surface area contributed by atoms with Gasteiger partial charge in [-0.05, 0) is 18.6 Å². The number of hydrogen-bond acceptors (Lipinski definition) is 5. The highest BCUT2D eigenvalue weighted by Gasteiger charge is 2.15. The lowest BCUT2D eigenvalue weighted by atomic mass is 10.1. The van der Waals surface area contributed by atoms with Crippen molar-refractivity contribution in [2.45, 2.75) is 19.8 Å². The Kier molecular flexibility index (Phi) is 3.96. The summed E-state index contributed by atoms with van der Waals surface area (Å²) >= 11 is 0. The Morgan fingerprint density at radius 2 is 2.14 bits per heavy atom. The fraction of sp³-hybridized carbons (Fsp3) is 0.214. The lowest BCUT2D eigenvalue weighted by Crippen LogP contribution is -2.06. The normalized spacial score (nSPS) is 9.86. The van der Waals surface area contributed by atoms with Crippen LogP contribution >= 0.6 is 0 Å². The third-order valence-corrected chi connectivity index (χ3v) is 2.84. The van der Waals surface area contributed by atoms with Crippen molar-refractivity contribution in [2.24, 2.45) is 0 Å². The van der Waals surface area contributed by atoms with Crippen LogP contribution < -0.4 is 0 Å². The van der Waals surface area contributed by atoms with Gasteiger partial charge in [0.15, 0.2) is 11.4 Å². The van der Waals surface area contributed by atoms with E-state index < -0.39 is 5.97 Å². The largest absolute Gasteiger partial charge is 0.478 e. The van der Waals surface area contributed by atoms with Gasteiger partial charge in [-0.3, -0.25) is 4.57 Å². The van der Waals surface area contributed by atoms with E-state index in [0.29, 0.717) is 12.1 Å². The zero-order valence-corrected chi connectivity index (χ0v) is 11.2. The Labute approximate surface area is 120 Å². The van der Waals surface area contributed by atoms with Gasteiger partial charge in [0.2, 0.25) is 0 Å². The van der Waals surface area contributed by atoms with Gasteiger partial charge in [-0.15, -0.1) is 0 Å². The van der Waals surface area contributed by atoms with Gasteiger partial charge in [-0.25, -0.2) is 14.8 Å². The van der Waals surface area contributed by atoms with Crippen molar-refractivity contribution in [3.8, 4) is 18.0 Å². The molecule has 2 rings (SSSR count). The van der Waals surface area contributed by atoms with Crippen molar-refractivity contribution < 1.29 is 9.90 Å². The van der Waals surface area contributed by atoms with E-state index >= 15 is 0 Å². The molecule has 0 fully saturated rings. The molecule has 2 aromatic heterocycles. The minimum Gasteiger partial charge on any atom is -0.478 e. The molecule has 0 aliphatic carbocycles. The number of carbonyl (C=O) groups is 1. The molecule has 0 spiro atoms. The van der Waals surface area contributed by atoms with E-state index in [2.05, 4.69) is 9.97 Å². The van der Waals surface area contributed by atoms with Crippen molar-refractivity contribution >= 4 is 5.97 Å². The van der Waals surface area contributed by atoms with Crippen LogP contribution in [0.2, 0.25) is 0 Å². The Balaban J connectivity index is 2.64. The van der Waals surface area contributed by atoms with E-state index in [1.54, 1.807) is 0 Å². The molecule has 0 radical (unpaired) electrons. The maximum Gasteiger partial charge on any atom is 0.335 e. The maximum absolute atomic E-state index is 11.2. The van der Waals surface area contributed by atoms with Gasteiger partial charge >= 0.3 is 5.97 Å². The molecule has 2 heterocycles. The van der Waals surface area contributed by atoms with Gasteiger partial charge in [0, 0.05) is 5.69 Å². The zero-order valence-electron chi connectivity index (χ0n) is 11.2. The SMILES string of the molecule is CCCc1cc(C(=O)O)cc(-n2cnc(C#N)c2C#N)n1. The fourth-order valence-corrected chi connectivity index (χ4v) is 1.91. The van der Waals surface area contributed by atoms with Crippen molar-refractivity contribution in [1.82, 2.24) is 14.5 Å². The summed E-state index contributed by atoms with van der Waals surface area (Å²) in [7, 11) is 0.